The van der Waals surface area contributed by atoms with Crippen LogP contribution in [0.4, 0.5) is 0 Å². The maximum atomic E-state index is 4.65. The Morgan fingerprint density at radius 1 is 1.21 bits per heavy atom. The molecule has 1 aromatic heterocycles. The summed E-state index contributed by atoms with van der Waals surface area (Å²) >= 11 is 0. The number of nitrogens with one attached hydrogen (secondary N) is 1. The van der Waals surface area contributed by atoms with E-state index in [1.54, 1.807) is 6.20 Å². The predicted octanol–water partition coefficient (Wildman–Crippen LogP) is 3.67. The van der Waals surface area contributed by atoms with Crippen LogP contribution in [0.5, 0.6) is 0 Å². The highest BCUT2D eigenvalue weighted by Gasteiger charge is 2.07. The number of rotatable bonds is 5. The monoisotopic (exact) mass is 257 g/mol. The molecule has 1 rings (SSSR count). The van der Waals surface area contributed by atoms with E-state index in [1.807, 2.05) is 32.2 Å². The maximum Gasteiger partial charge on any atom is 0.142 e. The first-order valence-corrected chi connectivity index (χ1v) is 6.48. The van der Waals surface area contributed by atoms with Gasteiger partial charge in [-0.25, -0.2) is 0 Å². The number of allylic oxidation sites excluding steroid dienone is 4. The number of pyridine rings is 1. The molecule has 0 fully saturated rings. The number of hydrogen-bond acceptors (Lipinski definition) is 3. The first-order valence-electron chi connectivity index (χ1n) is 6.48. The molecular weight excluding hydrogens is 234 g/mol. The Balaban J connectivity index is 2.90. The molecule has 0 saturated carbocycles. The molecule has 0 bridgehead atoms. The van der Waals surface area contributed by atoms with E-state index in [-0.39, 0.29) is 6.17 Å². The highest BCUT2D eigenvalue weighted by molar-refractivity contribution is 5.93. The fourth-order valence-electron chi connectivity index (χ4n) is 1.88. The van der Waals surface area contributed by atoms with Crippen LogP contribution < -0.4 is 5.32 Å². The van der Waals surface area contributed by atoms with Crippen LogP contribution in [0.3, 0.4) is 0 Å². The number of aromatic nitrogens is 1. The zero-order chi connectivity index (χ0) is 14.3. The summed E-state index contributed by atoms with van der Waals surface area (Å²) in [4.78, 5) is 8.98. The molecule has 0 aromatic carbocycles. The van der Waals surface area contributed by atoms with Gasteiger partial charge in [-0.1, -0.05) is 17.7 Å². The van der Waals surface area contributed by atoms with Crippen molar-refractivity contribution in [3.05, 3.63) is 53.4 Å². The van der Waals surface area contributed by atoms with Gasteiger partial charge in [-0.05, 0) is 58.5 Å². The zero-order valence-electron chi connectivity index (χ0n) is 12.4. The van der Waals surface area contributed by atoms with E-state index in [9.17, 15) is 0 Å². The summed E-state index contributed by atoms with van der Waals surface area (Å²) < 4.78 is 0. The average Bonchev–Trinajstić information content (AvgIpc) is 2.35. The topological polar surface area (TPSA) is 37.3 Å². The van der Waals surface area contributed by atoms with Gasteiger partial charge in [-0.2, -0.15) is 0 Å². The molecule has 1 heterocycles. The zero-order valence-corrected chi connectivity index (χ0v) is 12.4. The van der Waals surface area contributed by atoms with Gasteiger partial charge < -0.3 is 0 Å². The van der Waals surface area contributed by atoms with E-state index in [0.717, 1.165) is 11.4 Å². The summed E-state index contributed by atoms with van der Waals surface area (Å²) in [5, 5.41) is 3.17. The average molecular weight is 257 g/mol. The highest BCUT2D eigenvalue weighted by Crippen LogP contribution is 2.11. The maximum absolute atomic E-state index is 4.65. The van der Waals surface area contributed by atoms with Crippen LogP contribution in [0.25, 0.3) is 0 Å². The molecule has 0 saturated heterocycles. The number of aliphatic imine (C=N–C) groups is 1. The van der Waals surface area contributed by atoms with Crippen LogP contribution >= 0.6 is 0 Å². The second-order valence-electron chi connectivity index (χ2n) is 4.83. The van der Waals surface area contributed by atoms with Crippen LogP contribution in [0.2, 0.25) is 0 Å². The molecule has 0 amide bonds. The Hall–Kier alpha value is -1.74. The lowest BCUT2D eigenvalue weighted by Gasteiger charge is -2.11. The van der Waals surface area contributed by atoms with Crippen molar-refractivity contribution in [1.29, 1.82) is 0 Å². The minimum atomic E-state index is -0.100. The van der Waals surface area contributed by atoms with Gasteiger partial charge in [0.05, 0.1) is 5.69 Å². The van der Waals surface area contributed by atoms with E-state index in [0.29, 0.717) is 0 Å². The third kappa shape index (κ3) is 5.62. The smallest absolute Gasteiger partial charge is 0.142 e. The Morgan fingerprint density at radius 2 is 1.95 bits per heavy atom. The van der Waals surface area contributed by atoms with Crippen LogP contribution in [-0.2, 0) is 0 Å². The highest BCUT2D eigenvalue weighted by atomic mass is 15.1. The van der Waals surface area contributed by atoms with E-state index >= 15 is 0 Å². The Kier molecular flexibility index (Phi) is 6.16. The number of nitrogens with zero attached hydrogens (tertiary/aromatic N) is 2. The Morgan fingerprint density at radius 3 is 2.47 bits per heavy atom. The summed E-state index contributed by atoms with van der Waals surface area (Å²) in [5.74, 6) is 0. The van der Waals surface area contributed by atoms with Crippen molar-refractivity contribution >= 4 is 5.71 Å². The van der Waals surface area contributed by atoms with E-state index in [2.05, 4.69) is 48.2 Å². The van der Waals surface area contributed by atoms with E-state index in [4.69, 9.17) is 0 Å². The van der Waals surface area contributed by atoms with Crippen molar-refractivity contribution in [2.45, 2.75) is 33.9 Å². The summed E-state index contributed by atoms with van der Waals surface area (Å²) in [6.07, 6.45) is 5.92. The lowest BCUT2D eigenvalue weighted by molar-refractivity contribution is 0.607. The standard InChI is InChI=1S/C16H23N3/c1-12(2)10-13(3)11-14(4)19-16(17-5)15-8-6-7-9-18-15/h6-11,16-17H,1-5H3/b13-11-,19-14+. The molecule has 0 aliphatic carbocycles. The SMILES string of the molecule is CNC(/N=C(C)/C=C(/C)C=C(C)C)c1ccccn1. The van der Waals surface area contributed by atoms with Crippen LogP contribution in [0.1, 0.15) is 39.6 Å². The van der Waals surface area contributed by atoms with Crippen molar-refractivity contribution in [3.8, 4) is 0 Å². The van der Waals surface area contributed by atoms with Crippen LogP contribution in [0.15, 0.2) is 52.7 Å². The minimum absolute atomic E-state index is 0.100. The molecule has 19 heavy (non-hydrogen) atoms. The largest absolute Gasteiger partial charge is 0.294 e. The van der Waals surface area contributed by atoms with Gasteiger partial charge in [0.25, 0.3) is 0 Å². The molecule has 1 aromatic rings. The van der Waals surface area contributed by atoms with Gasteiger partial charge in [-0.3, -0.25) is 15.3 Å². The summed E-state index contributed by atoms with van der Waals surface area (Å²) in [6.45, 7) is 8.28. The fraction of sp³-hybridized carbons (Fsp3) is 0.375. The lowest BCUT2D eigenvalue weighted by Crippen LogP contribution is -2.16. The molecular formula is C16H23N3. The van der Waals surface area contributed by atoms with Gasteiger partial charge in [0.2, 0.25) is 0 Å². The second-order valence-corrected chi connectivity index (χ2v) is 4.83. The third-order valence-corrected chi connectivity index (χ3v) is 2.53. The van der Waals surface area contributed by atoms with Crippen molar-refractivity contribution in [1.82, 2.24) is 10.3 Å². The molecule has 3 nitrogen and oxygen atoms in total. The predicted molar refractivity (Wildman–Crippen MR) is 82.3 cm³/mol. The van der Waals surface area contributed by atoms with Crippen molar-refractivity contribution in [2.24, 2.45) is 4.99 Å². The molecule has 0 aliphatic heterocycles. The molecule has 3 heteroatoms. The molecule has 0 spiro atoms. The first kappa shape index (κ1) is 15.3. The minimum Gasteiger partial charge on any atom is -0.294 e. The van der Waals surface area contributed by atoms with Crippen LogP contribution in [-0.4, -0.2) is 17.7 Å². The molecule has 1 unspecified atom stereocenters. The Labute approximate surface area is 116 Å². The quantitative estimate of drug-likeness (QED) is 0.645. The summed E-state index contributed by atoms with van der Waals surface area (Å²) in [5.41, 5.74) is 4.41. The van der Waals surface area contributed by atoms with E-state index in [1.165, 1.54) is 11.1 Å². The van der Waals surface area contributed by atoms with Gasteiger partial charge in [0, 0.05) is 11.9 Å². The Bertz CT molecular complexity index is 480. The van der Waals surface area contributed by atoms with Gasteiger partial charge in [-0.15, -0.1) is 0 Å². The third-order valence-electron chi connectivity index (χ3n) is 2.53. The van der Waals surface area contributed by atoms with Crippen molar-refractivity contribution in [3.63, 3.8) is 0 Å². The molecule has 102 valence electrons. The van der Waals surface area contributed by atoms with Crippen LogP contribution in [0, 0.1) is 0 Å². The van der Waals surface area contributed by atoms with Gasteiger partial charge >= 0.3 is 0 Å². The molecule has 0 aliphatic rings. The van der Waals surface area contributed by atoms with Gasteiger partial charge in [0.1, 0.15) is 6.17 Å². The summed E-state index contributed by atoms with van der Waals surface area (Å²) in [7, 11) is 1.89. The number of hydrogen-bond donors (Lipinski definition) is 1. The molecule has 1 N–H and O–H groups in total. The fourth-order valence-corrected chi connectivity index (χ4v) is 1.88. The lowest BCUT2D eigenvalue weighted by atomic mass is 10.1. The normalized spacial score (nSPS) is 14.2. The second kappa shape index (κ2) is 7.64. The summed E-state index contributed by atoms with van der Waals surface area (Å²) in [6, 6.07) is 5.86. The van der Waals surface area contributed by atoms with E-state index < -0.39 is 0 Å². The molecule has 1 atom stereocenters. The van der Waals surface area contributed by atoms with Crippen molar-refractivity contribution < 1.29 is 0 Å². The molecule has 0 radical (unpaired) electrons. The first-order chi connectivity index (χ1) is 9.02. The van der Waals surface area contributed by atoms with Crippen molar-refractivity contribution in [2.75, 3.05) is 7.05 Å². The van der Waals surface area contributed by atoms with Gasteiger partial charge in [0.15, 0.2) is 0 Å².